The number of para-hydroxylation sites is 2. The molecule has 11 amide bonds. The number of aliphatic hydroxyl groups is 2. The molecule has 2 aliphatic heterocycles. The maximum Gasteiger partial charge on any atom is 0.326 e. The molecule has 0 radical (unpaired) electrons. The molecular formula is C65H78ClN15O18. The molecule has 33 nitrogen and oxygen atoms in total. The van der Waals surface area contributed by atoms with E-state index in [-0.39, 0.29) is 56.5 Å². The van der Waals surface area contributed by atoms with Gasteiger partial charge in [0.25, 0.3) is 0 Å². The summed E-state index contributed by atoms with van der Waals surface area (Å²) in [5, 5.41) is 67.7. The number of H-pyrrole nitrogens is 3. The number of carbonyl (C=O) groups excluding carboxylic acids is 11. The van der Waals surface area contributed by atoms with E-state index in [1.54, 1.807) is 60.9 Å². The molecule has 34 heteroatoms. The van der Waals surface area contributed by atoms with E-state index in [0.717, 1.165) is 21.6 Å². The van der Waals surface area contributed by atoms with E-state index >= 15 is 0 Å². The summed E-state index contributed by atoms with van der Waals surface area (Å²) >= 11 is 6.30. The average Bonchev–Trinajstić information content (AvgIpc) is 1.70. The molecule has 0 saturated carbocycles. The van der Waals surface area contributed by atoms with Crippen LogP contribution in [0.25, 0.3) is 21.8 Å². The number of phenolic OH excluding ortho intramolecular Hbond substituents is 1. The van der Waals surface area contributed by atoms with Crippen LogP contribution in [0.2, 0.25) is 0 Å². The molecule has 6 aromatic rings. The number of hydrogen-bond acceptors (Lipinski definition) is 17. The number of imidazole rings is 1. The number of aromatic amines is 3. The molecule has 528 valence electrons. The highest BCUT2D eigenvalue weighted by Crippen LogP contribution is 2.26. The van der Waals surface area contributed by atoms with Crippen LogP contribution in [0.15, 0.2) is 97.7 Å². The predicted octanol–water partition coefficient (Wildman–Crippen LogP) is -1.76. The lowest BCUT2D eigenvalue weighted by molar-refractivity contribution is -0.146. The van der Waals surface area contributed by atoms with Crippen LogP contribution in [0.1, 0.15) is 74.8 Å². The Morgan fingerprint density at radius 2 is 1.22 bits per heavy atom. The SMILES string of the molecule is CC(=O)N(Cl)[C@@H](Cc1ccc(O)cc1)C(=O)N(C)[C@@H](C)C(=O)N[C@@H](CC(N)=O)C(=O)N1CCC[C@H]1C(=O)N[C@@H](Cc1cnc[nH]1)C(=O)N[C@@H](CCC(=O)O)C(=O)N1C[C@H](O)C[C@H]1C(=O)N[C@@H](Cc1c[nH]c2ccccc12)C(=O)N[C@@H](CO)C(=O)N[C@@H](Cc1c[nH]c2ccccc12)C(=O)O. The smallest absolute Gasteiger partial charge is 0.326 e. The Morgan fingerprint density at radius 1 is 0.677 bits per heavy atom. The van der Waals surface area contributed by atoms with E-state index in [9.17, 15) is 87.9 Å². The number of rotatable bonds is 32. The van der Waals surface area contributed by atoms with Crippen molar-refractivity contribution >= 4 is 111 Å². The zero-order valence-corrected chi connectivity index (χ0v) is 54.8. The Kier molecular flexibility index (Phi) is 24.9. The molecule has 2 saturated heterocycles. The van der Waals surface area contributed by atoms with E-state index in [4.69, 9.17) is 17.5 Å². The quantitative estimate of drug-likeness (QED) is 0.0208. The molecule has 2 aliphatic rings. The summed E-state index contributed by atoms with van der Waals surface area (Å²) < 4.78 is 0.657. The first-order valence-electron chi connectivity index (χ1n) is 31.6. The lowest BCUT2D eigenvalue weighted by Crippen LogP contribution is -2.61. The Hall–Kier alpha value is -10.9. The number of likely N-dealkylation sites (N-methyl/N-ethyl adjacent to an activating group) is 1. The number of primary amides is 1. The minimum Gasteiger partial charge on any atom is -0.508 e. The van der Waals surface area contributed by atoms with E-state index in [0.29, 0.717) is 42.9 Å². The minimum atomic E-state index is -1.79. The summed E-state index contributed by atoms with van der Waals surface area (Å²) in [5.74, 6) is -13.6. The molecule has 0 aliphatic carbocycles. The highest BCUT2D eigenvalue weighted by Gasteiger charge is 2.45. The molecule has 3 aromatic carbocycles. The van der Waals surface area contributed by atoms with E-state index in [1.807, 2.05) is 0 Å². The largest absolute Gasteiger partial charge is 0.508 e. The van der Waals surface area contributed by atoms with E-state index < -0.39 is 182 Å². The van der Waals surface area contributed by atoms with Gasteiger partial charge in [-0.05, 0) is 67.1 Å². The van der Waals surface area contributed by atoms with Gasteiger partial charge in [0.15, 0.2) is 0 Å². The van der Waals surface area contributed by atoms with Crippen LogP contribution >= 0.6 is 11.8 Å². The molecule has 8 rings (SSSR count). The number of nitrogens with two attached hydrogens (primary N) is 1. The van der Waals surface area contributed by atoms with Crippen LogP contribution in [-0.2, 0) is 88.0 Å². The van der Waals surface area contributed by atoms with Gasteiger partial charge in [0.2, 0.25) is 65.0 Å². The van der Waals surface area contributed by atoms with Gasteiger partial charge in [-0.2, -0.15) is 0 Å². The second-order valence-corrected chi connectivity index (χ2v) is 24.7. The number of β-amino-alcohol motifs (C(OH)–C–C–N with tert-alkyl or cyclic N) is 1. The van der Waals surface area contributed by atoms with E-state index in [2.05, 4.69) is 51.8 Å². The number of likely N-dealkylation sites (tertiary alicyclic amines) is 2. The first-order chi connectivity index (χ1) is 47.1. The number of benzene rings is 3. The Bertz CT molecular complexity index is 3980. The highest BCUT2D eigenvalue weighted by molar-refractivity contribution is 6.22. The number of aromatic hydroxyl groups is 1. The highest BCUT2D eigenvalue weighted by atomic mass is 35.5. The zero-order valence-electron chi connectivity index (χ0n) is 54.0. The van der Waals surface area contributed by atoms with Gasteiger partial charge in [-0.15, -0.1) is 0 Å². The van der Waals surface area contributed by atoms with Crippen molar-refractivity contribution in [3.8, 4) is 5.75 Å². The van der Waals surface area contributed by atoms with Crippen LogP contribution in [0, 0.1) is 0 Å². The number of carboxylic acid groups (broad SMARTS) is 2. The zero-order chi connectivity index (χ0) is 71.9. The third kappa shape index (κ3) is 18.8. The standard InChI is InChI=1S/C65H78ClN15O18/c1-33(78(3)64(97)53(81(66)34(2)83)21-35-14-16-39(84)17-15-35)56(89)75-48(26-54(67)86)63(96)79-20-8-13-51(79)60(93)74-47(24-38-29-68-32-71-38)58(91)72-45(18-19-55(87)88)62(95)80-30-40(85)25-52(80)61(94)73-46(22-36-27-69-43-11-6-4-9-41(36)43)57(90)77-50(31-82)59(92)76-49(65(98)99)23-37-28-70-44-12-7-5-10-42(37)44/h4-7,9-12,14-17,27-29,32-33,40,45-53,69-70,82,84-85H,8,13,18-26,30-31H2,1-3H3,(H2,67,86)(H,68,71)(H,72,91)(H,73,94)(H,74,93)(H,75,89)(H,76,92)(H,77,90)(H,87,88)(H,98,99)/t33-,40+,45-,46-,47-,48-,49-,50-,51-,52-,53-/m0/s1. The lowest BCUT2D eigenvalue weighted by Gasteiger charge is -2.33. The molecule has 5 heterocycles. The second kappa shape index (κ2) is 33.4. The number of amides is 11. The third-order valence-electron chi connectivity index (χ3n) is 17.4. The number of carboxylic acids is 2. The Balaban J connectivity index is 0.973. The van der Waals surface area contributed by atoms with Gasteiger partial charge >= 0.3 is 11.9 Å². The van der Waals surface area contributed by atoms with Gasteiger partial charge in [-0.1, -0.05) is 48.5 Å². The fourth-order valence-electron chi connectivity index (χ4n) is 12.0. The molecule has 11 atom stereocenters. The summed E-state index contributed by atoms with van der Waals surface area (Å²) in [6.07, 6.45) is 0.961. The number of carbonyl (C=O) groups is 13. The summed E-state index contributed by atoms with van der Waals surface area (Å²) in [5.41, 5.74) is 8.71. The minimum absolute atomic E-state index is 0.0171. The Labute approximate surface area is 570 Å². The van der Waals surface area contributed by atoms with Crippen LogP contribution < -0.4 is 37.6 Å². The normalized spacial score (nSPS) is 17.5. The first-order valence-corrected chi connectivity index (χ1v) is 32.0. The summed E-state index contributed by atoms with van der Waals surface area (Å²) in [4.78, 5) is 195. The summed E-state index contributed by atoms with van der Waals surface area (Å²) in [6.45, 7) is 0.727. The number of aliphatic carboxylic acids is 2. The monoisotopic (exact) mass is 1390 g/mol. The van der Waals surface area contributed by atoms with Crippen molar-refractivity contribution in [3.05, 3.63) is 120 Å². The average molecular weight is 1390 g/mol. The third-order valence-corrected chi connectivity index (χ3v) is 17.9. The van der Waals surface area contributed by atoms with Crippen LogP contribution in [0.4, 0.5) is 0 Å². The number of hydrogen-bond donors (Lipinski definition) is 15. The summed E-state index contributed by atoms with van der Waals surface area (Å²) in [6, 6.07) is 3.93. The molecule has 3 aromatic heterocycles. The van der Waals surface area contributed by atoms with Crippen LogP contribution in [-0.4, -0.2) is 235 Å². The number of phenols is 1. The van der Waals surface area contributed by atoms with Crippen LogP contribution in [0.3, 0.4) is 0 Å². The lowest BCUT2D eigenvalue weighted by atomic mass is 10.0. The molecule has 2 fully saturated rings. The van der Waals surface area contributed by atoms with Crippen molar-refractivity contribution in [2.24, 2.45) is 5.73 Å². The van der Waals surface area contributed by atoms with Crippen molar-refractivity contribution in [2.45, 2.75) is 145 Å². The van der Waals surface area contributed by atoms with Gasteiger partial charge in [0.05, 0.1) is 25.5 Å². The summed E-state index contributed by atoms with van der Waals surface area (Å²) in [7, 11) is 1.24. The van der Waals surface area contributed by atoms with Gasteiger partial charge in [-0.25, -0.2) is 14.2 Å². The number of aliphatic hydroxyl groups excluding tert-OH is 2. The molecule has 0 bridgehead atoms. The van der Waals surface area contributed by atoms with Crippen molar-refractivity contribution < 1.29 is 87.9 Å². The van der Waals surface area contributed by atoms with Crippen molar-refractivity contribution in [1.82, 2.24) is 71.0 Å². The molecule has 0 spiro atoms. The Morgan fingerprint density at radius 3 is 1.79 bits per heavy atom. The number of nitrogens with one attached hydrogen (secondary N) is 9. The maximum atomic E-state index is 14.9. The molecule has 16 N–H and O–H groups in total. The maximum absolute atomic E-state index is 14.9. The van der Waals surface area contributed by atoms with E-state index in [1.165, 1.54) is 50.8 Å². The fraction of sp³-hybridized carbons (Fsp3) is 0.415. The number of fused-ring (bicyclic) bond motifs is 2. The van der Waals surface area contributed by atoms with Crippen LogP contribution in [0.5, 0.6) is 5.75 Å². The molecule has 99 heavy (non-hydrogen) atoms. The topological polar surface area (TPSA) is 494 Å². The first kappa shape index (κ1) is 73.9. The predicted molar refractivity (Wildman–Crippen MR) is 350 cm³/mol. The molecule has 0 unspecified atom stereocenters. The molecular weight excluding hydrogens is 1310 g/mol. The van der Waals surface area contributed by atoms with Crippen molar-refractivity contribution in [1.29, 1.82) is 0 Å². The van der Waals surface area contributed by atoms with Crippen molar-refractivity contribution in [3.63, 3.8) is 0 Å². The number of aromatic nitrogens is 4. The number of halogens is 1. The number of nitrogens with zero attached hydrogens (tertiary/aromatic N) is 5. The van der Waals surface area contributed by atoms with Crippen molar-refractivity contribution in [2.75, 3.05) is 26.7 Å². The van der Waals surface area contributed by atoms with Gasteiger partial charge in [0.1, 0.15) is 66.2 Å². The second-order valence-electron chi connectivity index (χ2n) is 24.3. The fourth-order valence-corrected chi connectivity index (χ4v) is 12.1. The van der Waals surface area contributed by atoms with Gasteiger partial charge in [0, 0.05) is 123 Å². The van der Waals surface area contributed by atoms with Gasteiger partial charge < -0.3 is 92.8 Å². The van der Waals surface area contributed by atoms with Gasteiger partial charge in [-0.3, -0.25) is 57.5 Å².